The number of hydrogen-bond donors (Lipinski definition) is 1. The van der Waals surface area contributed by atoms with E-state index in [9.17, 15) is 9.18 Å². The van der Waals surface area contributed by atoms with Crippen LogP contribution in [0, 0.1) is 5.82 Å². The molecule has 0 unspecified atom stereocenters. The van der Waals surface area contributed by atoms with E-state index < -0.39 is 5.82 Å². The number of carbonyl (C=O) groups excluding carboxylic acids is 1. The fourth-order valence-electron chi connectivity index (χ4n) is 1.41. The first kappa shape index (κ1) is 13.3. The molecule has 1 N–H and O–H groups in total. The molecule has 2 aromatic rings. The van der Waals surface area contributed by atoms with Gasteiger partial charge in [-0.25, -0.2) is 9.82 Å². The van der Waals surface area contributed by atoms with Crippen LogP contribution in [0.5, 0.6) is 0 Å². The summed E-state index contributed by atoms with van der Waals surface area (Å²) < 4.78 is 18.5. The molecule has 0 aliphatic rings. The smallest absolute Gasteiger partial charge is 0.236 e. The normalized spacial score (nSPS) is 10.9. The zero-order valence-electron chi connectivity index (χ0n) is 9.98. The Morgan fingerprint density at radius 2 is 2.21 bits per heavy atom. The largest absolute Gasteiger partial charge is 0.455 e. The van der Waals surface area contributed by atoms with E-state index in [2.05, 4.69) is 10.5 Å². The SMILES string of the molecule is CC(=O)N/N=C\c1ccc(-c2ccc(F)c(Cl)c2)o1. The molecule has 1 amide bonds. The molecule has 1 aromatic heterocycles. The predicted molar refractivity (Wildman–Crippen MR) is 70.5 cm³/mol. The molecule has 0 aliphatic heterocycles. The maximum atomic E-state index is 13.0. The molecular formula is C13H10ClFN2O2. The summed E-state index contributed by atoms with van der Waals surface area (Å²) in [6.45, 7) is 1.35. The Morgan fingerprint density at radius 1 is 1.42 bits per heavy atom. The van der Waals surface area contributed by atoms with Gasteiger partial charge in [0.1, 0.15) is 17.3 Å². The van der Waals surface area contributed by atoms with Gasteiger partial charge in [-0.1, -0.05) is 11.6 Å². The Hall–Kier alpha value is -2.14. The Balaban J connectivity index is 2.18. The van der Waals surface area contributed by atoms with E-state index in [4.69, 9.17) is 16.0 Å². The van der Waals surface area contributed by atoms with Gasteiger partial charge >= 0.3 is 0 Å². The average molecular weight is 281 g/mol. The zero-order valence-corrected chi connectivity index (χ0v) is 10.7. The third-order valence-corrected chi connectivity index (χ3v) is 2.53. The summed E-state index contributed by atoms with van der Waals surface area (Å²) in [5.74, 6) is 0.244. The van der Waals surface area contributed by atoms with Crippen LogP contribution in [0.3, 0.4) is 0 Å². The number of hydrazone groups is 1. The Kier molecular flexibility index (Phi) is 3.97. The lowest BCUT2D eigenvalue weighted by molar-refractivity contribution is -0.118. The molecule has 6 heteroatoms. The Labute approximate surface area is 113 Å². The minimum atomic E-state index is -0.482. The lowest BCUT2D eigenvalue weighted by Crippen LogP contribution is -2.12. The first-order chi connectivity index (χ1) is 9.06. The van der Waals surface area contributed by atoms with Gasteiger partial charge in [-0.05, 0) is 30.3 Å². The van der Waals surface area contributed by atoms with Crippen molar-refractivity contribution in [1.82, 2.24) is 5.43 Å². The van der Waals surface area contributed by atoms with E-state index >= 15 is 0 Å². The van der Waals surface area contributed by atoms with Gasteiger partial charge in [0, 0.05) is 12.5 Å². The van der Waals surface area contributed by atoms with Crippen LogP contribution in [-0.4, -0.2) is 12.1 Å². The van der Waals surface area contributed by atoms with Crippen LogP contribution in [0.2, 0.25) is 5.02 Å². The predicted octanol–water partition coefficient (Wildman–Crippen LogP) is 3.21. The van der Waals surface area contributed by atoms with Gasteiger partial charge in [-0.2, -0.15) is 5.10 Å². The van der Waals surface area contributed by atoms with Crippen LogP contribution in [0.15, 0.2) is 39.9 Å². The van der Waals surface area contributed by atoms with Crippen LogP contribution < -0.4 is 5.43 Å². The van der Waals surface area contributed by atoms with Crippen molar-refractivity contribution in [2.75, 3.05) is 0 Å². The van der Waals surface area contributed by atoms with E-state index in [1.807, 2.05) is 0 Å². The highest BCUT2D eigenvalue weighted by Gasteiger charge is 2.06. The third kappa shape index (κ3) is 3.42. The summed E-state index contributed by atoms with van der Waals surface area (Å²) in [4.78, 5) is 10.6. The van der Waals surface area contributed by atoms with Crippen molar-refractivity contribution in [2.24, 2.45) is 5.10 Å². The molecule has 1 heterocycles. The molecule has 19 heavy (non-hydrogen) atoms. The number of hydrogen-bond acceptors (Lipinski definition) is 3. The molecule has 1 aromatic carbocycles. The van der Waals surface area contributed by atoms with E-state index in [1.54, 1.807) is 18.2 Å². The molecule has 0 bridgehead atoms. The molecular weight excluding hydrogens is 271 g/mol. The van der Waals surface area contributed by atoms with Gasteiger partial charge in [0.15, 0.2) is 0 Å². The van der Waals surface area contributed by atoms with Crippen LogP contribution in [0.1, 0.15) is 12.7 Å². The fraction of sp³-hybridized carbons (Fsp3) is 0.0769. The minimum Gasteiger partial charge on any atom is -0.455 e. The molecule has 4 nitrogen and oxygen atoms in total. The van der Waals surface area contributed by atoms with Crippen molar-refractivity contribution >= 4 is 23.7 Å². The van der Waals surface area contributed by atoms with Crippen molar-refractivity contribution < 1.29 is 13.6 Å². The number of benzene rings is 1. The molecule has 0 saturated heterocycles. The lowest BCUT2D eigenvalue weighted by atomic mass is 10.2. The summed E-state index contributed by atoms with van der Waals surface area (Å²) in [6, 6.07) is 7.70. The number of nitrogens with zero attached hydrogens (tertiary/aromatic N) is 1. The summed E-state index contributed by atoms with van der Waals surface area (Å²) >= 11 is 5.70. The van der Waals surface area contributed by atoms with Gasteiger partial charge in [-0.15, -0.1) is 0 Å². The fourth-order valence-corrected chi connectivity index (χ4v) is 1.59. The topological polar surface area (TPSA) is 54.6 Å². The molecule has 98 valence electrons. The maximum absolute atomic E-state index is 13.0. The summed E-state index contributed by atoms with van der Waals surface area (Å²) in [5.41, 5.74) is 2.92. The van der Waals surface area contributed by atoms with Gasteiger partial charge in [0.25, 0.3) is 0 Å². The second-order valence-corrected chi connectivity index (χ2v) is 4.16. The number of halogens is 2. The zero-order chi connectivity index (χ0) is 13.8. The van der Waals surface area contributed by atoms with Crippen LogP contribution >= 0.6 is 11.6 Å². The van der Waals surface area contributed by atoms with Crippen molar-refractivity contribution in [3.8, 4) is 11.3 Å². The number of rotatable bonds is 3. The first-order valence-electron chi connectivity index (χ1n) is 5.41. The van der Waals surface area contributed by atoms with Crippen molar-refractivity contribution in [3.63, 3.8) is 0 Å². The molecule has 0 atom stereocenters. The minimum absolute atomic E-state index is 0.0300. The number of amides is 1. The highest BCUT2D eigenvalue weighted by molar-refractivity contribution is 6.31. The van der Waals surface area contributed by atoms with Crippen LogP contribution in [0.25, 0.3) is 11.3 Å². The Bertz CT molecular complexity index is 637. The summed E-state index contributed by atoms with van der Waals surface area (Å²) in [7, 11) is 0. The number of nitrogens with one attached hydrogen (secondary N) is 1. The highest BCUT2D eigenvalue weighted by atomic mass is 35.5. The molecule has 0 aliphatic carbocycles. The highest BCUT2D eigenvalue weighted by Crippen LogP contribution is 2.26. The van der Waals surface area contributed by atoms with Gasteiger partial charge in [0.05, 0.1) is 11.2 Å². The molecule has 0 saturated carbocycles. The summed E-state index contributed by atoms with van der Waals surface area (Å²) in [5, 5.41) is 3.71. The Morgan fingerprint density at radius 3 is 2.89 bits per heavy atom. The number of furan rings is 1. The summed E-state index contributed by atoms with van der Waals surface area (Å²) in [6.07, 6.45) is 1.37. The molecule has 0 radical (unpaired) electrons. The number of carbonyl (C=O) groups is 1. The maximum Gasteiger partial charge on any atom is 0.236 e. The standard InChI is InChI=1S/C13H10ClFN2O2/c1-8(18)17-16-7-10-3-5-13(19-10)9-2-4-12(15)11(14)6-9/h2-7H,1H3,(H,17,18)/b16-7-. The second kappa shape index (κ2) is 5.67. The molecule has 0 spiro atoms. The van der Waals surface area contributed by atoms with Gasteiger partial charge in [-0.3, -0.25) is 4.79 Å². The van der Waals surface area contributed by atoms with Crippen molar-refractivity contribution in [2.45, 2.75) is 6.92 Å². The first-order valence-corrected chi connectivity index (χ1v) is 5.79. The van der Waals surface area contributed by atoms with Crippen LogP contribution in [-0.2, 0) is 4.79 Å². The van der Waals surface area contributed by atoms with Crippen molar-refractivity contribution in [1.29, 1.82) is 0 Å². The monoisotopic (exact) mass is 280 g/mol. The van der Waals surface area contributed by atoms with Crippen molar-refractivity contribution in [3.05, 3.63) is 46.9 Å². The quantitative estimate of drug-likeness (QED) is 0.693. The molecule has 2 rings (SSSR count). The average Bonchev–Trinajstić information content (AvgIpc) is 2.81. The van der Waals surface area contributed by atoms with E-state index in [0.29, 0.717) is 17.1 Å². The third-order valence-electron chi connectivity index (χ3n) is 2.24. The van der Waals surface area contributed by atoms with E-state index in [1.165, 1.54) is 25.3 Å². The molecule has 0 fully saturated rings. The van der Waals surface area contributed by atoms with E-state index in [-0.39, 0.29) is 10.9 Å². The second-order valence-electron chi connectivity index (χ2n) is 3.76. The van der Waals surface area contributed by atoms with Gasteiger partial charge in [0.2, 0.25) is 5.91 Å². The lowest BCUT2D eigenvalue weighted by Gasteiger charge is -1.98. The van der Waals surface area contributed by atoms with E-state index in [0.717, 1.165) is 0 Å². The van der Waals surface area contributed by atoms with Gasteiger partial charge < -0.3 is 4.42 Å². The van der Waals surface area contributed by atoms with Crippen LogP contribution in [0.4, 0.5) is 4.39 Å².